The molecule has 0 spiro atoms. The van der Waals surface area contributed by atoms with Gasteiger partial charge in [0.2, 0.25) is 0 Å². The van der Waals surface area contributed by atoms with Crippen molar-refractivity contribution in [3.63, 3.8) is 0 Å². The van der Waals surface area contributed by atoms with Gasteiger partial charge in [0.15, 0.2) is 5.82 Å². The monoisotopic (exact) mass is 329 g/mol. The lowest BCUT2D eigenvalue weighted by atomic mass is 10.2. The molecular weight excluding hydrogens is 318 g/mol. The van der Waals surface area contributed by atoms with Gasteiger partial charge in [-0.15, -0.1) is 5.10 Å². The Balaban J connectivity index is 2.22. The molecule has 1 aromatic heterocycles. The van der Waals surface area contributed by atoms with Crippen LogP contribution in [0.25, 0.3) is 17.1 Å². The third kappa shape index (κ3) is 2.10. The third-order valence-electron chi connectivity index (χ3n) is 3.09. The van der Waals surface area contributed by atoms with E-state index in [9.17, 15) is 4.79 Å². The van der Waals surface area contributed by atoms with Crippen LogP contribution in [-0.2, 0) is 7.05 Å². The Morgan fingerprint density at radius 1 is 1.00 bits per heavy atom. The molecule has 4 nitrogen and oxygen atoms in total. The van der Waals surface area contributed by atoms with Crippen LogP contribution in [0.1, 0.15) is 0 Å². The largest absolute Gasteiger partial charge is 0.350 e. The van der Waals surface area contributed by atoms with E-state index in [1.54, 1.807) is 11.6 Å². The molecule has 0 fully saturated rings. The van der Waals surface area contributed by atoms with Crippen LogP contribution in [0.15, 0.2) is 63.9 Å². The highest BCUT2D eigenvalue weighted by Gasteiger charge is 2.14. The van der Waals surface area contributed by atoms with Gasteiger partial charge in [0, 0.05) is 17.1 Å². The number of benzene rings is 2. The Labute approximate surface area is 124 Å². The van der Waals surface area contributed by atoms with Gasteiger partial charge in [-0.1, -0.05) is 42.5 Å². The van der Waals surface area contributed by atoms with Crippen molar-refractivity contribution in [1.29, 1.82) is 0 Å². The molecule has 0 saturated heterocycles. The summed E-state index contributed by atoms with van der Waals surface area (Å²) in [5.41, 5.74) is 1.48. The first-order chi connectivity index (χ1) is 9.68. The van der Waals surface area contributed by atoms with Crippen LogP contribution in [0.3, 0.4) is 0 Å². The maximum atomic E-state index is 12.4. The first-order valence-corrected chi connectivity index (χ1v) is 6.94. The minimum Gasteiger partial charge on any atom is -0.278 e. The summed E-state index contributed by atoms with van der Waals surface area (Å²) in [6.45, 7) is 0. The lowest BCUT2D eigenvalue weighted by Gasteiger charge is -2.01. The Kier molecular flexibility index (Phi) is 3.28. The average molecular weight is 330 g/mol. The summed E-state index contributed by atoms with van der Waals surface area (Å²) in [6, 6.07) is 17.2. The highest BCUT2D eigenvalue weighted by molar-refractivity contribution is 9.10. The van der Waals surface area contributed by atoms with E-state index in [1.165, 1.54) is 4.68 Å². The molecule has 5 heteroatoms. The molecule has 3 rings (SSSR count). The second kappa shape index (κ2) is 5.09. The fourth-order valence-electron chi connectivity index (χ4n) is 2.06. The summed E-state index contributed by atoms with van der Waals surface area (Å²) in [4.78, 5) is 12.4. The third-order valence-corrected chi connectivity index (χ3v) is 3.76. The van der Waals surface area contributed by atoms with Gasteiger partial charge in [0.1, 0.15) is 0 Å². The van der Waals surface area contributed by atoms with E-state index in [0.717, 1.165) is 15.7 Å². The van der Waals surface area contributed by atoms with Crippen LogP contribution in [0.2, 0.25) is 0 Å². The van der Waals surface area contributed by atoms with Crippen molar-refractivity contribution in [3.05, 3.63) is 69.6 Å². The SMILES string of the molecule is Cn1c(-c2ccccc2)nn(-c2ccccc2Br)c1=O. The molecule has 100 valence electrons. The fourth-order valence-corrected chi connectivity index (χ4v) is 2.51. The molecule has 1 heterocycles. The molecule has 0 atom stereocenters. The van der Waals surface area contributed by atoms with Crippen molar-refractivity contribution in [2.45, 2.75) is 0 Å². The molecule has 0 N–H and O–H groups in total. The van der Waals surface area contributed by atoms with E-state index in [0.29, 0.717) is 5.82 Å². The number of hydrogen-bond donors (Lipinski definition) is 0. The van der Waals surface area contributed by atoms with E-state index < -0.39 is 0 Å². The van der Waals surface area contributed by atoms with Gasteiger partial charge in [0.05, 0.1) is 5.69 Å². The van der Waals surface area contributed by atoms with Gasteiger partial charge >= 0.3 is 5.69 Å². The van der Waals surface area contributed by atoms with Crippen molar-refractivity contribution in [2.24, 2.45) is 7.05 Å². The molecule has 20 heavy (non-hydrogen) atoms. The van der Waals surface area contributed by atoms with E-state index in [2.05, 4.69) is 21.0 Å². The zero-order valence-corrected chi connectivity index (χ0v) is 12.4. The van der Waals surface area contributed by atoms with Crippen molar-refractivity contribution < 1.29 is 0 Å². The first-order valence-electron chi connectivity index (χ1n) is 6.15. The topological polar surface area (TPSA) is 39.8 Å². The molecule has 0 aliphatic heterocycles. The van der Waals surface area contributed by atoms with Crippen LogP contribution >= 0.6 is 15.9 Å². The maximum absolute atomic E-state index is 12.4. The first kappa shape index (κ1) is 12.9. The molecule has 0 unspecified atom stereocenters. The minimum atomic E-state index is -0.171. The normalized spacial score (nSPS) is 10.7. The standard InChI is InChI=1S/C15H12BrN3O/c1-18-14(11-7-3-2-4-8-11)17-19(15(18)20)13-10-6-5-9-12(13)16/h2-10H,1H3. The second-order valence-electron chi connectivity index (χ2n) is 4.39. The zero-order valence-electron chi connectivity index (χ0n) is 10.8. The summed E-state index contributed by atoms with van der Waals surface area (Å²) in [7, 11) is 1.73. The van der Waals surface area contributed by atoms with Crippen molar-refractivity contribution in [1.82, 2.24) is 14.3 Å². The molecule has 0 bridgehead atoms. The number of rotatable bonds is 2. The van der Waals surface area contributed by atoms with Crippen molar-refractivity contribution in [2.75, 3.05) is 0 Å². The Bertz CT molecular complexity index is 805. The number of hydrogen-bond acceptors (Lipinski definition) is 2. The van der Waals surface area contributed by atoms with Crippen LogP contribution < -0.4 is 5.69 Å². The predicted molar refractivity (Wildman–Crippen MR) is 81.9 cm³/mol. The average Bonchev–Trinajstić information content (AvgIpc) is 2.77. The molecule has 3 aromatic rings. The fraction of sp³-hybridized carbons (Fsp3) is 0.0667. The van der Waals surface area contributed by atoms with Crippen LogP contribution in [-0.4, -0.2) is 14.3 Å². The lowest BCUT2D eigenvalue weighted by Crippen LogP contribution is -2.22. The smallest absolute Gasteiger partial charge is 0.278 e. The van der Waals surface area contributed by atoms with Gasteiger partial charge in [-0.05, 0) is 28.1 Å². The molecule has 0 aliphatic carbocycles. The van der Waals surface area contributed by atoms with Gasteiger partial charge in [-0.25, -0.2) is 4.79 Å². The summed E-state index contributed by atoms with van der Waals surface area (Å²) in [5, 5.41) is 4.45. The summed E-state index contributed by atoms with van der Waals surface area (Å²) < 4.78 is 3.79. The predicted octanol–water partition coefficient (Wildman–Crippen LogP) is 3.00. The zero-order chi connectivity index (χ0) is 14.1. The molecule has 0 saturated carbocycles. The van der Waals surface area contributed by atoms with Gasteiger partial charge < -0.3 is 0 Å². The van der Waals surface area contributed by atoms with E-state index in [-0.39, 0.29) is 5.69 Å². The lowest BCUT2D eigenvalue weighted by molar-refractivity contribution is 0.797. The Morgan fingerprint density at radius 2 is 1.65 bits per heavy atom. The summed E-state index contributed by atoms with van der Waals surface area (Å²) >= 11 is 3.45. The molecular formula is C15H12BrN3O. The van der Waals surface area contributed by atoms with E-state index >= 15 is 0 Å². The van der Waals surface area contributed by atoms with Crippen molar-refractivity contribution >= 4 is 15.9 Å². The molecule has 0 radical (unpaired) electrons. The van der Waals surface area contributed by atoms with Gasteiger partial charge in [-0.3, -0.25) is 4.57 Å². The summed E-state index contributed by atoms with van der Waals surface area (Å²) in [6.07, 6.45) is 0. The Hall–Kier alpha value is -2.14. The highest BCUT2D eigenvalue weighted by atomic mass is 79.9. The quantitative estimate of drug-likeness (QED) is 0.725. The molecule has 2 aromatic carbocycles. The molecule has 0 aliphatic rings. The molecule has 0 amide bonds. The second-order valence-corrected chi connectivity index (χ2v) is 5.25. The maximum Gasteiger partial charge on any atom is 0.350 e. The minimum absolute atomic E-state index is 0.171. The Morgan fingerprint density at radius 3 is 2.35 bits per heavy atom. The van der Waals surface area contributed by atoms with E-state index in [1.807, 2.05) is 54.6 Å². The highest BCUT2D eigenvalue weighted by Crippen LogP contribution is 2.20. The number of aromatic nitrogens is 3. The van der Waals surface area contributed by atoms with Crippen LogP contribution in [0, 0.1) is 0 Å². The van der Waals surface area contributed by atoms with Gasteiger partial charge in [-0.2, -0.15) is 4.68 Å². The van der Waals surface area contributed by atoms with Crippen LogP contribution in [0.5, 0.6) is 0 Å². The van der Waals surface area contributed by atoms with E-state index in [4.69, 9.17) is 0 Å². The van der Waals surface area contributed by atoms with Crippen molar-refractivity contribution in [3.8, 4) is 17.1 Å². The number of para-hydroxylation sites is 1. The van der Waals surface area contributed by atoms with Gasteiger partial charge in [0.25, 0.3) is 0 Å². The number of nitrogens with zero attached hydrogens (tertiary/aromatic N) is 3. The number of halogens is 1. The van der Waals surface area contributed by atoms with Crippen LogP contribution in [0.4, 0.5) is 0 Å². The summed E-state index contributed by atoms with van der Waals surface area (Å²) in [5.74, 6) is 0.645.